The van der Waals surface area contributed by atoms with E-state index in [1.165, 1.54) is 51.6 Å². The number of nitrogens with one attached hydrogen (secondary N) is 2. The van der Waals surface area contributed by atoms with Gasteiger partial charge < -0.3 is 20.0 Å². The maximum absolute atomic E-state index is 5.74. The van der Waals surface area contributed by atoms with Crippen LogP contribution in [0.25, 0.3) is 0 Å². The first-order valence-corrected chi connectivity index (χ1v) is 11.5. The molecule has 0 unspecified atom stereocenters. The number of guanidine groups is 1. The first-order chi connectivity index (χ1) is 14.1. The zero-order chi connectivity index (χ0) is 20.2. The predicted molar refractivity (Wildman–Crippen MR) is 132 cm³/mol. The van der Waals surface area contributed by atoms with Crippen LogP contribution >= 0.6 is 24.0 Å². The minimum absolute atomic E-state index is 0. The number of nitrogens with zero attached hydrogens (tertiary/aromatic N) is 4. The van der Waals surface area contributed by atoms with Gasteiger partial charge in [-0.2, -0.15) is 0 Å². The second kappa shape index (κ2) is 11.1. The lowest BCUT2D eigenvalue weighted by Crippen LogP contribution is -2.50. The van der Waals surface area contributed by atoms with E-state index in [4.69, 9.17) is 4.42 Å². The summed E-state index contributed by atoms with van der Waals surface area (Å²) in [5.74, 6) is 3.47. The van der Waals surface area contributed by atoms with Crippen LogP contribution in [-0.2, 0) is 6.54 Å². The minimum atomic E-state index is 0. The van der Waals surface area contributed by atoms with E-state index in [-0.39, 0.29) is 24.0 Å². The van der Waals surface area contributed by atoms with Gasteiger partial charge in [0.1, 0.15) is 5.76 Å². The van der Waals surface area contributed by atoms with Crippen molar-refractivity contribution < 1.29 is 4.42 Å². The van der Waals surface area contributed by atoms with E-state index in [1.54, 1.807) is 0 Å². The molecule has 2 saturated heterocycles. The second-order valence-corrected chi connectivity index (χ2v) is 9.11. The molecule has 3 heterocycles. The summed E-state index contributed by atoms with van der Waals surface area (Å²) < 4.78 is 5.74. The molecule has 4 rings (SSSR count). The highest BCUT2D eigenvalue weighted by molar-refractivity contribution is 14.0. The molecule has 0 radical (unpaired) electrons. The number of rotatable bonds is 6. The number of hydrogen-bond donors (Lipinski definition) is 2. The van der Waals surface area contributed by atoms with Crippen molar-refractivity contribution in [3.63, 3.8) is 0 Å². The average Bonchev–Trinajstić information content (AvgIpc) is 3.53. The SMILES string of the molecule is CN=C(NCC1CCN(Cc2nc(C)c(C)o2)CC1)NC1CCN(C2CC2)CC1.I. The summed E-state index contributed by atoms with van der Waals surface area (Å²) in [6, 6.07) is 1.46. The summed E-state index contributed by atoms with van der Waals surface area (Å²) in [5.41, 5.74) is 1.01. The second-order valence-electron chi connectivity index (χ2n) is 9.11. The number of aliphatic imine (C=N–C) groups is 1. The van der Waals surface area contributed by atoms with Gasteiger partial charge in [-0.05, 0) is 71.4 Å². The Hall–Kier alpha value is -0.870. The molecule has 1 aliphatic carbocycles. The molecule has 1 aromatic heterocycles. The fourth-order valence-electron chi connectivity index (χ4n) is 4.62. The molecule has 0 atom stereocenters. The lowest BCUT2D eigenvalue weighted by Gasteiger charge is -2.34. The molecule has 7 nitrogen and oxygen atoms in total. The molecule has 0 spiro atoms. The van der Waals surface area contributed by atoms with Gasteiger partial charge in [0.15, 0.2) is 5.96 Å². The van der Waals surface area contributed by atoms with Gasteiger partial charge in [0.2, 0.25) is 5.89 Å². The van der Waals surface area contributed by atoms with Crippen molar-refractivity contribution in [2.24, 2.45) is 10.9 Å². The van der Waals surface area contributed by atoms with Crippen LogP contribution in [0, 0.1) is 19.8 Å². The molecule has 0 amide bonds. The van der Waals surface area contributed by atoms with Gasteiger partial charge in [-0.1, -0.05) is 0 Å². The molecular formula is C22H39IN6O. The number of aromatic nitrogens is 1. The van der Waals surface area contributed by atoms with Crippen molar-refractivity contribution in [1.29, 1.82) is 0 Å². The number of halogens is 1. The topological polar surface area (TPSA) is 68.9 Å². The number of piperidine rings is 2. The molecule has 30 heavy (non-hydrogen) atoms. The van der Waals surface area contributed by atoms with Gasteiger partial charge in [-0.15, -0.1) is 24.0 Å². The third-order valence-electron chi connectivity index (χ3n) is 6.85. The Morgan fingerprint density at radius 1 is 1.07 bits per heavy atom. The van der Waals surface area contributed by atoms with Crippen LogP contribution in [0.15, 0.2) is 9.41 Å². The monoisotopic (exact) mass is 530 g/mol. The summed E-state index contributed by atoms with van der Waals surface area (Å²) in [6.45, 7) is 10.5. The largest absolute Gasteiger partial charge is 0.444 e. The maximum Gasteiger partial charge on any atom is 0.208 e. The summed E-state index contributed by atoms with van der Waals surface area (Å²) in [7, 11) is 1.89. The number of likely N-dealkylation sites (tertiary alicyclic amines) is 2. The van der Waals surface area contributed by atoms with Crippen LogP contribution in [0.5, 0.6) is 0 Å². The summed E-state index contributed by atoms with van der Waals surface area (Å²) in [6.07, 6.45) is 7.71. The molecule has 8 heteroatoms. The Morgan fingerprint density at radius 2 is 1.77 bits per heavy atom. The van der Waals surface area contributed by atoms with E-state index in [2.05, 4.69) is 30.4 Å². The molecule has 170 valence electrons. The number of aryl methyl sites for hydroxylation is 2. The van der Waals surface area contributed by atoms with Gasteiger partial charge in [0.05, 0.1) is 12.2 Å². The molecule has 1 aromatic rings. The first kappa shape index (κ1) is 23.8. The van der Waals surface area contributed by atoms with Gasteiger partial charge in [-0.25, -0.2) is 4.98 Å². The summed E-state index contributed by atoms with van der Waals surface area (Å²) >= 11 is 0. The predicted octanol–water partition coefficient (Wildman–Crippen LogP) is 2.91. The lowest BCUT2D eigenvalue weighted by atomic mass is 9.97. The molecule has 1 saturated carbocycles. The normalized spacial score (nSPS) is 22.7. The number of hydrogen-bond acceptors (Lipinski definition) is 5. The fraction of sp³-hybridized carbons (Fsp3) is 0.818. The van der Waals surface area contributed by atoms with Crippen LogP contribution < -0.4 is 10.6 Å². The first-order valence-electron chi connectivity index (χ1n) is 11.5. The van der Waals surface area contributed by atoms with Crippen molar-refractivity contribution in [2.75, 3.05) is 39.8 Å². The van der Waals surface area contributed by atoms with Gasteiger partial charge in [0, 0.05) is 38.8 Å². The maximum atomic E-state index is 5.74. The highest BCUT2D eigenvalue weighted by Gasteiger charge is 2.32. The Morgan fingerprint density at radius 3 is 2.33 bits per heavy atom. The lowest BCUT2D eigenvalue weighted by molar-refractivity contribution is 0.164. The Bertz CT molecular complexity index is 668. The van der Waals surface area contributed by atoms with Gasteiger partial charge in [-0.3, -0.25) is 9.89 Å². The van der Waals surface area contributed by atoms with Crippen LogP contribution in [0.4, 0.5) is 0 Å². The van der Waals surface area contributed by atoms with E-state index in [0.717, 1.165) is 55.5 Å². The van der Waals surface area contributed by atoms with Crippen LogP contribution in [-0.4, -0.2) is 72.6 Å². The van der Waals surface area contributed by atoms with Crippen molar-refractivity contribution in [2.45, 2.75) is 71.0 Å². The molecule has 3 fully saturated rings. The molecule has 2 N–H and O–H groups in total. The smallest absolute Gasteiger partial charge is 0.208 e. The summed E-state index contributed by atoms with van der Waals surface area (Å²) in [5, 5.41) is 7.24. The Labute approximate surface area is 198 Å². The Balaban J connectivity index is 0.00000256. The van der Waals surface area contributed by atoms with Crippen LogP contribution in [0.3, 0.4) is 0 Å². The molecule has 3 aliphatic rings. The van der Waals surface area contributed by atoms with Crippen LogP contribution in [0.2, 0.25) is 0 Å². The van der Waals surface area contributed by atoms with Crippen molar-refractivity contribution >= 4 is 29.9 Å². The van der Waals surface area contributed by atoms with E-state index in [0.29, 0.717) is 12.0 Å². The van der Waals surface area contributed by atoms with Crippen LogP contribution in [0.1, 0.15) is 55.9 Å². The third kappa shape index (κ3) is 6.56. The Kier molecular flexibility index (Phi) is 8.82. The van der Waals surface area contributed by atoms with E-state index < -0.39 is 0 Å². The minimum Gasteiger partial charge on any atom is -0.444 e. The third-order valence-corrected chi connectivity index (χ3v) is 6.85. The zero-order valence-electron chi connectivity index (χ0n) is 18.8. The summed E-state index contributed by atoms with van der Waals surface area (Å²) in [4.78, 5) is 14.1. The molecular weight excluding hydrogens is 491 g/mol. The van der Waals surface area contributed by atoms with Crippen molar-refractivity contribution in [1.82, 2.24) is 25.4 Å². The van der Waals surface area contributed by atoms with Crippen molar-refractivity contribution in [3.05, 3.63) is 17.3 Å². The highest BCUT2D eigenvalue weighted by atomic mass is 127. The molecule has 0 bridgehead atoms. The van der Waals surface area contributed by atoms with Crippen molar-refractivity contribution in [3.8, 4) is 0 Å². The highest BCUT2D eigenvalue weighted by Crippen LogP contribution is 2.29. The standard InChI is InChI=1S/C22H38N6O.HI/c1-16-17(2)29-21(25-16)15-27-10-6-18(7-11-27)14-24-22(23-3)26-19-8-12-28(13-9-19)20-4-5-20;/h18-20H,4-15H2,1-3H3,(H2,23,24,26);1H. The molecule has 2 aliphatic heterocycles. The van der Waals surface area contributed by atoms with E-state index in [9.17, 15) is 0 Å². The zero-order valence-corrected chi connectivity index (χ0v) is 21.2. The number of oxazole rings is 1. The quantitative estimate of drug-likeness (QED) is 0.335. The van der Waals surface area contributed by atoms with E-state index >= 15 is 0 Å². The fourth-order valence-corrected chi connectivity index (χ4v) is 4.62. The molecule has 0 aromatic carbocycles. The van der Waals surface area contributed by atoms with Gasteiger partial charge >= 0.3 is 0 Å². The van der Waals surface area contributed by atoms with E-state index in [1.807, 2.05) is 20.9 Å². The average molecular weight is 530 g/mol. The van der Waals surface area contributed by atoms with Gasteiger partial charge in [0.25, 0.3) is 0 Å².